The summed E-state index contributed by atoms with van der Waals surface area (Å²) in [5.41, 5.74) is 13.4. The molecular formula is C54H47NS. The summed E-state index contributed by atoms with van der Waals surface area (Å²) in [5.74, 6) is 0. The predicted octanol–water partition coefficient (Wildman–Crippen LogP) is 16.3. The standard InChI is InChI=1S/C54H47NS/c1-53(2,3)39-33-38(34-40(35-39)54(4,5)6)41-23-10-13-28-46(41)55(48-30-18-32-50-52(48)45-25-12-15-31-49(45)56-50)47-29-14-11-24-43(47)44-27-17-22-37-21-16-26-42(51(37)44)36-19-8-7-9-20-36/h7-35H,1-6H3. The molecule has 1 heterocycles. The fourth-order valence-corrected chi connectivity index (χ4v) is 9.34. The van der Waals surface area contributed by atoms with Crippen LogP contribution in [0.3, 0.4) is 0 Å². The number of thiophene rings is 1. The summed E-state index contributed by atoms with van der Waals surface area (Å²) < 4.78 is 2.58. The van der Waals surface area contributed by atoms with E-state index in [0.717, 1.165) is 11.4 Å². The topological polar surface area (TPSA) is 3.24 Å². The molecule has 274 valence electrons. The van der Waals surface area contributed by atoms with E-state index in [2.05, 4.69) is 222 Å². The number of fused-ring (bicyclic) bond motifs is 4. The van der Waals surface area contributed by atoms with Crippen molar-refractivity contribution in [1.82, 2.24) is 0 Å². The molecule has 0 bridgehead atoms. The van der Waals surface area contributed by atoms with Gasteiger partial charge in [-0.1, -0.05) is 187 Å². The van der Waals surface area contributed by atoms with Gasteiger partial charge in [0.1, 0.15) is 0 Å². The van der Waals surface area contributed by atoms with Crippen LogP contribution in [0.5, 0.6) is 0 Å². The van der Waals surface area contributed by atoms with E-state index < -0.39 is 0 Å². The fourth-order valence-electron chi connectivity index (χ4n) is 8.21. The minimum atomic E-state index is -0.0107. The first-order valence-electron chi connectivity index (χ1n) is 19.7. The van der Waals surface area contributed by atoms with Crippen molar-refractivity contribution in [2.45, 2.75) is 52.4 Å². The van der Waals surface area contributed by atoms with Crippen molar-refractivity contribution in [3.63, 3.8) is 0 Å². The molecule has 1 aromatic heterocycles. The molecule has 0 amide bonds. The lowest BCUT2D eigenvalue weighted by Crippen LogP contribution is -2.17. The Morgan fingerprint density at radius 1 is 0.375 bits per heavy atom. The zero-order valence-electron chi connectivity index (χ0n) is 33.1. The van der Waals surface area contributed by atoms with Crippen LogP contribution in [0.4, 0.5) is 17.1 Å². The highest BCUT2D eigenvalue weighted by Crippen LogP contribution is 2.51. The Morgan fingerprint density at radius 3 is 1.59 bits per heavy atom. The van der Waals surface area contributed by atoms with E-state index in [1.807, 2.05) is 11.3 Å². The molecule has 0 saturated heterocycles. The van der Waals surface area contributed by atoms with Crippen LogP contribution in [-0.4, -0.2) is 0 Å². The third-order valence-corrected chi connectivity index (χ3v) is 12.3. The minimum Gasteiger partial charge on any atom is -0.309 e. The molecule has 0 spiro atoms. The molecule has 0 unspecified atom stereocenters. The Bertz CT molecular complexity index is 2840. The molecule has 2 heteroatoms. The molecule has 1 nitrogen and oxygen atoms in total. The van der Waals surface area contributed by atoms with Gasteiger partial charge in [-0.2, -0.15) is 0 Å². The second kappa shape index (κ2) is 14.0. The van der Waals surface area contributed by atoms with Crippen LogP contribution >= 0.6 is 11.3 Å². The van der Waals surface area contributed by atoms with Crippen LogP contribution in [0, 0.1) is 0 Å². The maximum Gasteiger partial charge on any atom is 0.0555 e. The van der Waals surface area contributed by atoms with Gasteiger partial charge in [-0.05, 0) is 85.3 Å². The molecule has 56 heavy (non-hydrogen) atoms. The molecule has 9 aromatic rings. The molecule has 0 radical (unpaired) electrons. The Kier molecular flexibility index (Phi) is 8.91. The molecular weight excluding hydrogens is 695 g/mol. The molecule has 9 rings (SSSR count). The van der Waals surface area contributed by atoms with Gasteiger partial charge in [-0.25, -0.2) is 0 Å². The molecule has 0 aliphatic heterocycles. The lowest BCUT2D eigenvalue weighted by atomic mass is 9.78. The van der Waals surface area contributed by atoms with Crippen molar-refractivity contribution in [2.75, 3.05) is 4.90 Å². The van der Waals surface area contributed by atoms with Crippen molar-refractivity contribution < 1.29 is 0 Å². The normalized spacial score (nSPS) is 12.1. The van der Waals surface area contributed by atoms with Crippen LogP contribution in [0.25, 0.3) is 64.3 Å². The van der Waals surface area contributed by atoms with Crippen molar-refractivity contribution in [2.24, 2.45) is 0 Å². The molecule has 0 aliphatic carbocycles. The van der Waals surface area contributed by atoms with E-state index in [4.69, 9.17) is 0 Å². The molecule has 0 saturated carbocycles. The number of nitrogens with zero attached hydrogens (tertiary/aromatic N) is 1. The average molecular weight is 742 g/mol. The predicted molar refractivity (Wildman–Crippen MR) is 245 cm³/mol. The number of para-hydroxylation sites is 2. The van der Waals surface area contributed by atoms with Crippen molar-refractivity contribution in [1.29, 1.82) is 0 Å². The van der Waals surface area contributed by atoms with Crippen LogP contribution in [0.2, 0.25) is 0 Å². The first-order chi connectivity index (χ1) is 27.1. The lowest BCUT2D eigenvalue weighted by Gasteiger charge is -2.32. The Labute approximate surface area is 335 Å². The quantitative estimate of drug-likeness (QED) is 0.164. The van der Waals surface area contributed by atoms with Crippen molar-refractivity contribution in [3.05, 3.63) is 187 Å². The second-order valence-electron chi connectivity index (χ2n) is 17.0. The highest BCUT2D eigenvalue weighted by Gasteiger charge is 2.26. The van der Waals surface area contributed by atoms with Gasteiger partial charge in [0.05, 0.1) is 17.1 Å². The first kappa shape index (κ1) is 35.7. The van der Waals surface area contributed by atoms with E-state index in [1.54, 1.807) is 0 Å². The van der Waals surface area contributed by atoms with Gasteiger partial charge in [0.25, 0.3) is 0 Å². The van der Waals surface area contributed by atoms with Crippen molar-refractivity contribution in [3.8, 4) is 33.4 Å². The van der Waals surface area contributed by atoms with Gasteiger partial charge in [0, 0.05) is 31.3 Å². The Morgan fingerprint density at radius 2 is 0.893 bits per heavy atom. The van der Waals surface area contributed by atoms with Gasteiger partial charge in [-0.3, -0.25) is 0 Å². The second-order valence-corrected chi connectivity index (χ2v) is 18.1. The summed E-state index contributed by atoms with van der Waals surface area (Å²) in [6, 6.07) is 65.3. The monoisotopic (exact) mass is 741 g/mol. The smallest absolute Gasteiger partial charge is 0.0555 e. The van der Waals surface area contributed by atoms with Crippen molar-refractivity contribution >= 4 is 59.3 Å². The summed E-state index contributed by atoms with van der Waals surface area (Å²) in [6.45, 7) is 13.9. The van der Waals surface area contributed by atoms with Gasteiger partial charge < -0.3 is 4.90 Å². The van der Waals surface area contributed by atoms with Crippen LogP contribution in [0.15, 0.2) is 176 Å². The van der Waals surface area contributed by atoms with Gasteiger partial charge in [0.15, 0.2) is 0 Å². The highest BCUT2D eigenvalue weighted by molar-refractivity contribution is 7.26. The SMILES string of the molecule is CC(C)(C)c1cc(-c2ccccc2N(c2ccccc2-c2cccc3cccc(-c4ccccc4)c23)c2cccc3sc4ccccc4c23)cc(C(C)(C)C)c1. The summed E-state index contributed by atoms with van der Waals surface area (Å²) in [4.78, 5) is 2.55. The summed E-state index contributed by atoms with van der Waals surface area (Å²) in [6.07, 6.45) is 0. The lowest BCUT2D eigenvalue weighted by molar-refractivity contribution is 0.569. The van der Waals surface area contributed by atoms with Crippen LogP contribution < -0.4 is 4.90 Å². The van der Waals surface area contributed by atoms with E-state index in [-0.39, 0.29) is 10.8 Å². The molecule has 0 N–H and O–H groups in total. The number of anilines is 3. The largest absolute Gasteiger partial charge is 0.309 e. The van der Waals surface area contributed by atoms with Gasteiger partial charge in [-0.15, -0.1) is 11.3 Å². The summed E-state index contributed by atoms with van der Waals surface area (Å²) >= 11 is 1.87. The summed E-state index contributed by atoms with van der Waals surface area (Å²) in [7, 11) is 0. The zero-order chi connectivity index (χ0) is 38.6. The minimum absolute atomic E-state index is 0.0107. The molecule has 0 fully saturated rings. The Balaban J connectivity index is 1.38. The maximum absolute atomic E-state index is 2.55. The summed E-state index contributed by atoms with van der Waals surface area (Å²) in [5, 5.41) is 5.04. The third kappa shape index (κ3) is 6.38. The van der Waals surface area contributed by atoms with E-state index in [1.165, 1.54) is 81.1 Å². The third-order valence-electron chi connectivity index (χ3n) is 11.2. The van der Waals surface area contributed by atoms with Gasteiger partial charge >= 0.3 is 0 Å². The first-order valence-corrected chi connectivity index (χ1v) is 20.5. The Hall–Kier alpha value is -5.96. The van der Waals surface area contributed by atoms with E-state index in [9.17, 15) is 0 Å². The van der Waals surface area contributed by atoms with Crippen LogP contribution in [0.1, 0.15) is 52.7 Å². The van der Waals surface area contributed by atoms with Crippen LogP contribution in [-0.2, 0) is 10.8 Å². The molecule has 0 atom stereocenters. The highest BCUT2D eigenvalue weighted by atomic mass is 32.1. The molecule has 0 aliphatic rings. The fraction of sp³-hybridized carbons (Fsp3) is 0.148. The van der Waals surface area contributed by atoms with Gasteiger partial charge in [0.2, 0.25) is 0 Å². The number of hydrogen-bond donors (Lipinski definition) is 0. The number of rotatable bonds is 6. The van der Waals surface area contributed by atoms with E-state index in [0.29, 0.717) is 0 Å². The maximum atomic E-state index is 2.55. The zero-order valence-corrected chi connectivity index (χ0v) is 33.9. The number of benzene rings is 8. The van der Waals surface area contributed by atoms with E-state index >= 15 is 0 Å². The number of hydrogen-bond acceptors (Lipinski definition) is 2. The molecule has 8 aromatic carbocycles. The average Bonchev–Trinajstić information content (AvgIpc) is 3.60.